The van der Waals surface area contributed by atoms with E-state index in [1.165, 1.54) is 9.80 Å². The average molecular weight is 734 g/mol. The number of halogens is 1. The molecule has 0 saturated carbocycles. The standard InChI is InChI=1S/C44H33BrN2O4/c1-43(2,3)22-7-11-24(12-8-22)46-39(48)29-18-15-26-27-16-19-31-36-32(42(51)47(41(31)50)25-13-9-23(10-14-25)44(4,5)6)21-33(45)37(38(27)36)28-17-20-30(40(46)49)35(29)34(26)28/h7-21H,1-6H3. The maximum Gasteiger partial charge on any atom is 0.266 e. The van der Waals surface area contributed by atoms with Gasteiger partial charge in [0, 0.05) is 42.7 Å². The van der Waals surface area contributed by atoms with E-state index in [1.54, 1.807) is 24.3 Å². The van der Waals surface area contributed by atoms with E-state index in [2.05, 4.69) is 57.5 Å². The molecule has 7 aromatic rings. The molecule has 0 spiro atoms. The van der Waals surface area contributed by atoms with Crippen molar-refractivity contribution in [1.82, 2.24) is 0 Å². The van der Waals surface area contributed by atoms with Crippen LogP contribution in [0.2, 0.25) is 0 Å². The lowest BCUT2D eigenvalue weighted by Crippen LogP contribution is -2.40. The van der Waals surface area contributed by atoms with Crippen LogP contribution in [0, 0.1) is 0 Å². The first-order valence-electron chi connectivity index (χ1n) is 17.0. The SMILES string of the molecule is CC(C)(C)c1ccc(N2C(=O)c3ccc4c5ccc6c7c(cc(Br)c(c8ccc(c3c48)C2=O)c75)C(=O)N(c2ccc(C(C)(C)C)cc2)C6=O)cc1. The van der Waals surface area contributed by atoms with Gasteiger partial charge in [-0.05, 0) is 92.0 Å². The number of carbonyl (C=O) groups excluding carboxylic acids is 4. The van der Waals surface area contributed by atoms with Crippen LogP contribution in [-0.4, -0.2) is 23.6 Å². The molecule has 7 heteroatoms. The molecule has 0 N–H and O–H groups in total. The van der Waals surface area contributed by atoms with E-state index in [0.717, 1.165) is 43.4 Å². The number of imide groups is 2. The summed E-state index contributed by atoms with van der Waals surface area (Å²) in [6.45, 7) is 12.7. The van der Waals surface area contributed by atoms with Crippen LogP contribution in [0.25, 0.3) is 43.1 Å². The van der Waals surface area contributed by atoms with Crippen molar-refractivity contribution in [3.8, 4) is 0 Å². The number of fused-ring (bicyclic) bond motifs is 2. The fraction of sp³-hybridized carbons (Fsp3) is 0.182. The molecule has 7 aromatic carbocycles. The molecule has 0 atom stereocenters. The zero-order valence-electron chi connectivity index (χ0n) is 29.1. The molecule has 51 heavy (non-hydrogen) atoms. The minimum Gasteiger partial charge on any atom is -0.268 e. The van der Waals surface area contributed by atoms with Gasteiger partial charge < -0.3 is 0 Å². The molecule has 2 aliphatic rings. The summed E-state index contributed by atoms with van der Waals surface area (Å²) in [5, 5.41) is 6.17. The van der Waals surface area contributed by atoms with Gasteiger partial charge in [-0.1, -0.05) is 99.9 Å². The predicted molar refractivity (Wildman–Crippen MR) is 208 cm³/mol. The largest absolute Gasteiger partial charge is 0.268 e. The van der Waals surface area contributed by atoms with E-state index in [4.69, 9.17) is 0 Å². The molecule has 0 unspecified atom stereocenters. The van der Waals surface area contributed by atoms with Gasteiger partial charge in [-0.25, -0.2) is 9.80 Å². The summed E-state index contributed by atoms with van der Waals surface area (Å²) in [6, 6.07) is 28.2. The molecule has 0 fully saturated rings. The molecule has 0 bridgehead atoms. The van der Waals surface area contributed by atoms with Crippen LogP contribution >= 0.6 is 15.9 Å². The molecule has 2 aliphatic heterocycles. The Kier molecular flexibility index (Phi) is 6.39. The third kappa shape index (κ3) is 4.27. The molecule has 9 rings (SSSR count). The Labute approximate surface area is 303 Å². The van der Waals surface area contributed by atoms with Crippen LogP contribution in [0.1, 0.15) is 94.1 Å². The highest BCUT2D eigenvalue weighted by molar-refractivity contribution is 9.10. The zero-order valence-corrected chi connectivity index (χ0v) is 30.7. The van der Waals surface area contributed by atoms with Crippen LogP contribution in [-0.2, 0) is 10.8 Å². The van der Waals surface area contributed by atoms with Gasteiger partial charge >= 0.3 is 0 Å². The number of rotatable bonds is 2. The minimum absolute atomic E-state index is 0.0703. The summed E-state index contributed by atoms with van der Waals surface area (Å²) in [7, 11) is 0. The van der Waals surface area contributed by atoms with Gasteiger partial charge in [0.2, 0.25) is 0 Å². The monoisotopic (exact) mass is 732 g/mol. The molecule has 6 nitrogen and oxygen atoms in total. The van der Waals surface area contributed by atoms with Gasteiger partial charge in [0.1, 0.15) is 0 Å². The van der Waals surface area contributed by atoms with Crippen molar-refractivity contribution in [3.63, 3.8) is 0 Å². The van der Waals surface area contributed by atoms with E-state index in [1.807, 2.05) is 66.7 Å². The topological polar surface area (TPSA) is 74.8 Å². The number of benzene rings is 7. The lowest BCUT2D eigenvalue weighted by molar-refractivity contribution is 0.0877. The van der Waals surface area contributed by atoms with Crippen LogP contribution in [0.15, 0.2) is 95.5 Å². The van der Waals surface area contributed by atoms with Crippen LogP contribution < -0.4 is 9.80 Å². The number of nitrogens with zero attached hydrogens (tertiary/aromatic N) is 2. The quantitative estimate of drug-likeness (QED) is 0.101. The first kappa shape index (κ1) is 31.6. The van der Waals surface area contributed by atoms with Crippen molar-refractivity contribution in [2.45, 2.75) is 52.4 Å². The van der Waals surface area contributed by atoms with Crippen LogP contribution in [0.3, 0.4) is 0 Å². The molecular formula is C44H33BrN2O4. The van der Waals surface area contributed by atoms with Crippen molar-refractivity contribution < 1.29 is 19.2 Å². The summed E-state index contributed by atoms with van der Waals surface area (Å²) >= 11 is 3.81. The average Bonchev–Trinajstić information content (AvgIpc) is 3.09. The van der Waals surface area contributed by atoms with Gasteiger partial charge in [0.15, 0.2) is 0 Å². The summed E-state index contributed by atoms with van der Waals surface area (Å²) in [5.41, 5.74) is 4.90. The minimum atomic E-state index is -0.386. The Balaban J connectivity index is 1.24. The zero-order chi connectivity index (χ0) is 35.9. The van der Waals surface area contributed by atoms with Gasteiger partial charge in [-0.15, -0.1) is 0 Å². The molecule has 0 aromatic heterocycles. The van der Waals surface area contributed by atoms with Crippen molar-refractivity contribution in [3.05, 3.63) is 129 Å². The van der Waals surface area contributed by atoms with E-state index in [-0.39, 0.29) is 34.5 Å². The Hall–Kier alpha value is -5.40. The molecule has 0 radical (unpaired) electrons. The van der Waals surface area contributed by atoms with E-state index in [9.17, 15) is 19.2 Å². The normalized spacial score (nSPS) is 15.0. The summed E-state index contributed by atoms with van der Waals surface area (Å²) < 4.78 is 0.689. The fourth-order valence-corrected chi connectivity index (χ4v) is 8.65. The lowest BCUT2D eigenvalue weighted by atomic mass is 9.82. The second kappa shape index (κ2) is 10.3. The number of anilines is 2. The van der Waals surface area contributed by atoms with Crippen molar-refractivity contribution in [1.29, 1.82) is 0 Å². The highest BCUT2D eigenvalue weighted by Crippen LogP contribution is 2.49. The molecule has 4 amide bonds. The summed E-state index contributed by atoms with van der Waals surface area (Å²) in [5.74, 6) is -1.51. The fourth-order valence-electron chi connectivity index (χ4n) is 8.01. The maximum atomic E-state index is 14.2. The smallest absolute Gasteiger partial charge is 0.266 e. The number of amides is 4. The molecular weight excluding hydrogens is 700 g/mol. The predicted octanol–water partition coefficient (Wildman–Crippen LogP) is 10.7. The van der Waals surface area contributed by atoms with Gasteiger partial charge in [-0.3, -0.25) is 19.2 Å². The third-order valence-electron chi connectivity index (χ3n) is 10.7. The number of carbonyl (C=O) groups is 4. The maximum absolute atomic E-state index is 14.2. The Morgan fingerprint density at radius 2 is 0.784 bits per heavy atom. The number of hydrogen-bond donors (Lipinski definition) is 0. The van der Waals surface area contributed by atoms with E-state index < -0.39 is 0 Å². The second-order valence-corrected chi connectivity index (χ2v) is 16.6. The van der Waals surface area contributed by atoms with Gasteiger partial charge in [0.25, 0.3) is 23.6 Å². The lowest BCUT2D eigenvalue weighted by Gasteiger charge is -2.31. The molecule has 2 heterocycles. The summed E-state index contributed by atoms with van der Waals surface area (Å²) in [6.07, 6.45) is 0. The third-order valence-corrected chi connectivity index (χ3v) is 11.3. The van der Waals surface area contributed by atoms with Crippen molar-refractivity contribution in [2.75, 3.05) is 9.80 Å². The van der Waals surface area contributed by atoms with Gasteiger partial charge in [-0.2, -0.15) is 0 Å². The Morgan fingerprint density at radius 3 is 1.22 bits per heavy atom. The van der Waals surface area contributed by atoms with E-state index in [0.29, 0.717) is 48.9 Å². The van der Waals surface area contributed by atoms with Crippen LogP contribution in [0.5, 0.6) is 0 Å². The van der Waals surface area contributed by atoms with E-state index >= 15 is 0 Å². The summed E-state index contributed by atoms with van der Waals surface area (Å²) in [4.78, 5) is 59.3. The molecule has 0 saturated heterocycles. The first-order valence-corrected chi connectivity index (χ1v) is 17.8. The van der Waals surface area contributed by atoms with Gasteiger partial charge in [0.05, 0.1) is 16.9 Å². The molecule has 250 valence electrons. The Morgan fingerprint density at radius 1 is 0.412 bits per heavy atom. The Bertz CT molecular complexity index is 2710. The second-order valence-electron chi connectivity index (χ2n) is 15.7. The van der Waals surface area contributed by atoms with Crippen molar-refractivity contribution in [2.24, 2.45) is 0 Å². The number of hydrogen-bond acceptors (Lipinski definition) is 4. The van der Waals surface area contributed by atoms with Crippen LogP contribution in [0.4, 0.5) is 11.4 Å². The van der Waals surface area contributed by atoms with Crippen molar-refractivity contribution >= 4 is 94.0 Å². The molecule has 0 aliphatic carbocycles. The highest BCUT2D eigenvalue weighted by atomic mass is 79.9. The first-order chi connectivity index (χ1) is 24.2. The highest BCUT2D eigenvalue weighted by Gasteiger charge is 2.38.